The van der Waals surface area contributed by atoms with Gasteiger partial charge >= 0.3 is 0 Å². The molecule has 0 aromatic heterocycles. The lowest BCUT2D eigenvalue weighted by atomic mass is 9.56. The van der Waals surface area contributed by atoms with Gasteiger partial charge in [0.05, 0.1) is 5.69 Å². The van der Waals surface area contributed by atoms with Crippen LogP contribution in [0.2, 0.25) is 0 Å². The molecule has 0 saturated carbocycles. The van der Waals surface area contributed by atoms with E-state index in [0.717, 1.165) is 11.4 Å². The quantitative estimate of drug-likeness (QED) is 0.171. The lowest BCUT2D eigenvalue weighted by Crippen LogP contribution is -2.42. The summed E-state index contributed by atoms with van der Waals surface area (Å²) in [5, 5.41) is 13.1. The third kappa shape index (κ3) is 4.22. The maximum atomic E-state index is 2.49. The Kier molecular flexibility index (Phi) is 6.34. The zero-order valence-electron chi connectivity index (χ0n) is 29.5. The number of hydrogen-bond donors (Lipinski definition) is 0. The van der Waals surface area contributed by atoms with Gasteiger partial charge in [-0.15, -0.1) is 0 Å². The Balaban J connectivity index is 1.23. The summed E-state index contributed by atoms with van der Waals surface area (Å²) in [6, 6.07) is 60.9. The van der Waals surface area contributed by atoms with E-state index in [4.69, 9.17) is 0 Å². The Bertz CT molecular complexity index is 2810. The molecule has 0 saturated heterocycles. The van der Waals surface area contributed by atoms with Crippen molar-refractivity contribution in [2.24, 2.45) is 0 Å². The van der Waals surface area contributed by atoms with Gasteiger partial charge in [0.15, 0.2) is 0 Å². The summed E-state index contributed by atoms with van der Waals surface area (Å²) in [6.45, 7) is 9.71. The van der Waals surface area contributed by atoms with Crippen molar-refractivity contribution in [2.45, 2.75) is 38.5 Å². The highest BCUT2D eigenvalue weighted by Crippen LogP contribution is 2.54. The Morgan fingerprint density at radius 1 is 0.353 bits per heavy atom. The third-order valence-corrected chi connectivity index (χ3v) is 12.3. The molecule has 1 aliphatic rings. The molecule has 0 unspecified atom stereocenters. The zero-order valence-corrected chi connectivity index (χ0v) is 29.5. The van der Waals surface area contributed by atoms with Crippen LogP contribution in [-0.4, -0.2) is 0 Å². The van der Waals surface area contributed by atoms with E-state index in [1.165, 1.54) is 81.8 Å². The first kappa shape index (κ1) is 29.9. The smallest absolute Gasteiger partial charge is 0.0546 e. The van der Waals surface area contributed by atoms with E-state index in [9.17, 15) is 0 Å². The van der Waals surface area contributed by atoms with Gasteiger partial charge in [0.25, 0.3) is 0 Å². The molecule has 51 heavy (non-hydrogen) atoms. The van der Waals surface area contributed by atoms with Crippen LogP contribution in [0.15, 0.2) is 164 Å². The summed E-state index contributed by atoms with van der Waals surface area (Å²) in [5.74, 6) is 0. The van der Waals surface area contributed by atoms with Gasteiger partial charge in [0.2, 0.25) is 0 Å². The normalized spacial score (nSPS) is 14.6. The Morgan fingerprint density at radius 3 is 1.65 bits per heavy atom. The molecular formula is C50H39N. The zero-order chi connectivity index (χ0) is 34.5. The van der Waals surface area contributed by atoms with E-state index in [0.29, 0.717) is 0 Å². The average molecular weight is 654 g/mol. The van der Waals surface area contributed by atoms with Crippen molar-refractivity contribution in [3.8, 4) is 11.1 Å². The van der Waals surface area contributed by atoms with Crippen molar-refractivity contribution in [1.82, 2.24) is 0 Å². The van der Waals surface area contributed by atoms with Crippen molar-refractivity contribution in [3.05, 3.63) is 175 Å². The SMILES string of the molecule is CC1(C)c2cccc3ccc4cc(-c5cccc(N(c6ccccc6)c6cccc7c8ccccc8c8ccccc8c67)c5)cc(c4c23)C1(C)C. The molecule has 0 heterocycles. The summed E-state index contributed by atoms with van der Waals surface area (Å²) in [4.78, 5) is 2.45. The van der Waals surface area contributed by atoms with Crippen LogP contribution in [0.25, 0.3) is 65.0 Å². The largest absolute Gasteiger partial charge is 0.310 e. The van der Waals surface area contributed by atoms with Crippen molar-refractivity contribution in [1.29, 1.82) is 0 Å². The molecule has 0 radical (unpaired) electrons. The van der Waals surface area contributed by atoms with Crippen LogP contribution < -0.4 is 4.90 Å². The van der Waals surface area contributed by atoms with Crippen LogP contribution in [0.4, 0.5) is 17.1 Å². The van der Waals surface area contributed by atoms with Crippen molar-refractivity contribution >= 4 is 70.9 Å². The fourth-order valence-corrected chi connectivity index (χ4v) is 9.05. The highest BCUT2D eigenvalue weighted by Gasteiger charge is 2.45. The molecule has 244 valence electrons. The Labute approximate surface area is 299 Å². The molecule has 1 heteroatoms. The lowest BCUT2D eigenvalue weighted by molar-refractivity contribution is 0.304. The van der Waals surface area contributed by atoms with E-state index in [1.54, 1.807) is 0 Å². The summed E-state index contributed by atoms with van der Waals surface area (Å²) >= 11 is 0. The molecular weight excluding hydrogens is 615 g/mol. The van der Waals surface area contributed by atoms with Crippen LogP contribution in [-0.2, 0) is 10.8 Å². The predicted molar refractivity (Wildman–Crippen MR) is 220 cm³/mol. The molecule has 0 atom stereocenters. The van der Waals surface area contributed by atoms with E-state index >= 15 is 0 Å². The first-order chi connectivity index (χ1) is 24.8. The lowest BCUT2D eigenvalue weighted by Gasteiger charge is -2.47. The molecule has 0 N–H and O–H groups in total. The third-order valence-electron chi connectivity index (χ3n) is 12.3. The average Bonchev–Trinajstić information content (AvgIpc) is 3.17. The summed E-state index contributed by atoms with van der Waals surface area (Å²) in [5.41, 5.74) is 8.71. The van der Waals surface area contributed by atoms with Gasteiger partial charge in [-0.3, -0.25) is 0 Å². The topological polar surface area (TPSA) is 3.24 Å². The van der Waals surface area contributed by atoms with Crippen LogP contribution in [0, 0.1) is 0 Å². The van der Waals surface area contributed by atoms with E-state index in [1.807, 2.05) is 0 Å². The molecule has 1 nitrogen and oxygen atoms in total. The van der Waals surface area contributed by atoms with E-state index in [-0.39, 0.29) is 10.8 Å². The number of para-hydroxylation sites is 1. The van der Waals surface area contributed by atoms with Crippen molar-refractivity contribution in [3.63, 3.8) is 0 Å². The van der Waals surface area contributed by atoms with E-state index < -0.39 is 0 Å². The second-order valence-electron chi connectivity index (χ2n) is 15.4. The summed E-state index contributed by atoms with van der Waals surface area (Å²) < 4.78 is 0. The monoisotopic (exact) mass is 653 g/mol. The number of nitrogens with zero attached hydrogens (tertiary/aromatic N) is 1. The fourth-order valence-electron chi connectivity index (χ4n) is 9.05. The number of fused-ring (bicyclic) bond motifs is 6. The molecule has 0 spiro atoms. The molecule has 9 aromatic rings. The van der Waals surface area contributed by atoms with Gasteiger partial charge in [-0.1, -0.05) is 149 Å². The first-order valence-corrected chi connectivity index (χ1v) is 18.1. The molecule has 0 fully saturated rings. The maximum Gasteiger partial charge on any atom is 0.0546 e. The molecule has 0 bridgehead atoms. The minimum absolute atomic E-state index is 0.0281. The molecule has 10 rings (SSSR count). The Morgan fingerprint density at radius 2 is 0.902 bits per heavy atom. The molecule has 9 aromatic carbocycles. The van der Waals surface area contributed by atoms with Gasteiger partial charge in [-0.2, -0.15) is 0 Å². The van der Waals surface area contributed by atoms with Gasteiger partial charge in [0.1, 0.15) is 0 Å². The summed E-state index contributed by atoms with van der Waals surface area (Å²) in [7, 11) is 0. The van der Waals surface area contributed by atoms with Crippen LogP contribution in [0.5, 0.6) is 0 Å². The fraction of sp³-hybridized carbons (Fsp3) is 0.120. The summed E-state index contributed by atoms with van der Waals surface area (Å²) in [6.07, 6.45) is 0. The number of hydrogen-bond acceptors (Lipinski definition) is 1. The minimum atomic E-state index is -0.0651. The maximum absolute atomic E-state index is 2.49. The highest BCUT2D eigenvalue weighted by atomic mass is 15.1. The second-order valence-corrected chi connectivity index (χ2v) is 15.4. The molecule has 0 aliphatic heterocycles. The Hall–Kier alpha value is -5.92. The number of benzene rings is 9. The van der Waals surface area contributed by atoms with Gasteiger partial charge in [-0.25, -0.2) is 0 Å². The second kappa shape index (κ2) is 10.8. The van der Waals surface area contributed by atoms with Gasteiger partial charge < -0.3 is 4.90 Å². The minimum Gasteiger partial charge on any atom is -0.310 e. The van der Waals surface area contributed by atoms with Gasteiger partial charge in [-0.05, 0) is 124 Å². The highest BCUT2D eigenvalue weighted by molar-refractivity contribution is 6.28. The molecule has 1 aliphatic carbocycles. The van der Waals surface area contributed by atoms with Crippen LogP contribution in [0.1, 0.15) is 38.8 Å². The van der Waals surface area contributed by atoms with Crippen molar-refractivity contribution in [2.75, 3.05) is 4.90 Å². The standard InChI is InChI=1S/C50H39N/c1-49(2)43-25-13-15-32-27-28-34-29-35(31-44(50(49,3)4)47(34)46(32)43)33-16-12-19-37(30-33)51(36-17-6-5-7-18-36)45-26-14-24-42-40-21-9-8-20-38(40)39-22-10-11-23-41(39)48(42)45/h5-31H,1-4H3. The van der Waals surface area contributed by atoms with Crippen LogP contribution in [0.3, 0.4) is 0 Å². The van der Waals surface area contributed by atoms with E-state index in [2.05, 4.69) is 196 Å². The first-order valence-electron chi connectivity index (χ1n) is 18.1. The van der Waals surface area contributed by atoms with Gasteiger partial charge in [0, 0.05) is 16.8 Å². The van der Waals surface area contributed by atoms with Crippen molar-refractivity contribution < 1.29 is 0 Å². The molecule has 0 amide bonds. The number of anilines is 3. The predicted octanol–water partition coefficient (Wildman–Crippen LogP) is 14.2. The van der Waals surface area contributed by atoms with Crippen LogP contribution >= 0.6 is 0 Å². The number of rotatable bonds is 4.